The van der Waals surface area contributed by atoms with E-state index in [2.05, 4.69) is 0 Å². The van der Waals surface area contributed by atoms with Crippen molar-refractivity contribution in [1.29, 1.82) is 0 Å². The van der Waals surface area contributed by atoms with Crippen molar-refractivity contribution in [1.82, 2.24) is 9.80 Å². The molecule has 19 heavy (non-hydrogen) atoms. The van der Waals surface area contributed by atoms with Crippen molar-refractivity contribution in [2.45, 2.75) is 13.0 Å². The maximum absolute atomic E-state index is 12.4. The lowest BCUT2D eigenvalue weighted by atomic mass is 10.0. The molecule has 4 nitrogen and oxygen atoms in total. The van der Waals surface area contributed by atoms with Crippen LogP contribution in [0.1, 0.15) is 17.3 Å². The van der Waals surface area contributed by atoms with E-state index in [1.807, 2.05) is 11.8 Å². The molecule has 0 bridgehead atoms. The molecule has 0 aromatic heterocycles. The van der Waals surface area contributed by atoms with E-state index in [0.717, 1.165) is 6.54 Å². The summed E-state index contributed by atoms with van der Waals surface area (Å²) in [6, 6.07) is 6.61. The smallest absolute Gasteiger partial charge is 0.236 e. The number of benzene rings is 1. The van der Waals surface area contributed by atoms with E-state index < -0.39 is 0 Å². The van der Waals surface area contributed by atoms with E-state index in [-0.39, 0.29) is 17.7 Å². The van der Waals surface area contributed by atoms with Gasteiger partial charge >= 0.3 is 0 Å². The molecule has 1 amide bonds. The minimum absolute atomic E-state index is 0.000136. The van der Waals surface area contributed by atoms with Crippen LogP contribution in [0, 0.1) is 0 Å². The molecule has 0 spiro atoms. The first-order valence-corrected chi connectivity index (χ1v) is 6.64. The number of amides is 1. The molecule has 1 aromatic rings. The second kappa shape index (κ2) is 5.72. The molecule has 2 rings (SSSR count). The van der Waals surface area contributed by atoms with Gasteiger partial charge in [0.1, 0.15) is 0 Å². The van der Waals surface area contributed by atoms with Gasteiger partial charge in [-0.15, -0.1) is 0 Å². The van der Waals surface area contributed by atoms with Crippen LogP contribution in [0.5, 0.6) is 0 Å². The van der Waals surface area contributed by atoms with Gasteiger partial charge in [0.2, 0.25) is 5.91 Å². The van der Waals surface area contributed by atoms with Crippen molar-refractivity contribution >= 4 is 23.3 Å². The maximum Gasteiger partial charge on any atom is 0.236 e. The van der Waals surface area contributed by atoms with E-state index in [0.29, 0.717) is 23.7 Å². The number of halogens is 1. The van der Waals surface area contributed by atoms with Gasteiger partial charge in [0, 0.05) is 30.7 Å². The number of hydrogen-bond donors (Lipinski definition) is 0. The molecule has 1 aromatic carbocycles. The van der Waals surface area contributed by atoms with Gasteiger partial charge in [-0.05, 0) is 19.1 Å². The topological polar surface area (TPSA) is 40.6 Å². The third kappa shape index (κ3) is 3.14. The third-order valence-electron chi connectivity index (χ3n) is 3.52. The van der Waals surface area contributed by atoms with Crippen LogP contribution in [0.2, 0.25) is 5.02 Å². The number of carbonyl (C=O) groups is 2. The first-order chi connectivity index (χ1) is 8.99. The minimum Gasteiger partial charge on any atom is -0.343 e. The average Bonchev–Trinajstić information content (AvgIpc) is 2.40. The van der Waals surface area contributed by atoms with Crippen molar-refractivity contribution in [3.8, 4) is 0 Å². The number of carbonyl (C=O) groups excluding carboxylic acids is 2. The van der Waals surface area contributed by atoms with Crippen LogP contribution in [0.4, 0.5) is 0 Å². The zero-order chi connectivity index (χ0) is 14.0. The summed E-state index contributed by atoms with van der Waals surface area (Å²) in [5, 5.41) is 0.549. The Morgan fingerprint density at radius 1 is 1.37 bits per heavy atom. The lowest BCUT2D eigenvalue weighted by Crippen LogP contribution is -2.53. The summed E-state index contributed by atoms with van der Waals surface area (Å²) in [4.78, 5) is 27.6. The fourth-order valence-electron chi connectivity index (χ4n) is 2.16. The standard InChI is InChI=1S/C14H17ClN2O2/c1-10(17-7-6-16(2)13(18)9-17)14(19)11-4-3-5-12(15)8-11/h3-5,8,10H,6-7,9H2,1-2H3. The summed E-state index contributed by atoms with van der Waals surface area (Å²) in [7, 11) is 1.78. The number of nitrogens with zero attached hydrogens (tertiary/aromatic N) is 2. The Labute approximate surface area is 117 Å². The Bertz CT molecular complexity index is 504. The van der Waals surface area contributed by atoms with Crippen molar-refractivity contribution in [3.63, 3.8) is 0 Å². The summed E-state index contributed by atoms with van der Waals surface area (Å²) in [6.07, 6.45) is 0. The predicted molar refractivity (Wildman–Crippen MR) is 74.5 cm³/mol. The molecule has 1 saturated heterocycles. The van der Waals surface area contributed by atoms with Crippen LogP contribution in [0.3, 0.4) is 0 Å². The summed E-state index contributed by atoms with van der Waals surface area (Å²) in [5.41, 5.74) is 0.589. The molecular formula is C14H17ClN2O2. The SMILES string of the molecule is CC(C(=O)c1cccc(Cl)c1)N1CCN(C)C(=O)C1. The summed E-state index contributed by atoms with van der Waals surface area (Å²) < 4.78 is 0. The predicted octanol–water partition coefficient (Wildman–Crippen LogP) is 1.69. The molecule has 0 aliphatic carbocycles. The van der Waals surface area contributed by atoms with Crippen molar-refractivity contribution in [2.75, 3.05) is 26.7 Å². The Balaban J connectivity index is 2.09. The Morgan fingerprint density at radius 2 is 2.11 bits per heavy atom. The lowest BCUT2D eigenvalue weighted by molar-refractivity contribution is -0.134. The third-order valence-corrected chi connectivity index (χ3v) is 3.76. The molecule has 1 fully saturated rings. The molecule has 0 N–H and O–H groups in total. The zero-order valence-corrected chi connectivity index (χ0v) is 11.9. The molecule has 0 radical (unpaired) electrons. The van der Waals surface area contributed by atoms with Gasteiger partial charge in [0.25, 0.3) is 0 Å². The van der Waals surface area contributed by atoms with Gasteiger partial charge in [0.05, 0.1) is 12.6 Å². The van der Waals surface area contributed by atoms with Crippen molar-refractivity contribution < 1.29 is 9.59 Å². The van der Waals surface area contributed by atoms with E-state index >= 15 is 0 Å². The Hall–Kier alpha value is -1.39. The summed E-state index contributed by atoms with van der Waals surface area (Å²) in [5.74, 6) is 0.0526. The maximum atomic E-state index is 12.4. The number of likely N-dealkylation sites (N-methyl/N-ethyl adjacent to an activating group) is 1. The quantitative estimate of drug-likeness (QED) is 0.791. The van der Waals surface area contributed by atoms with Gasteiger partial charge in [-0.2, -0.15) is 0 Å². The molecule has 1 atom stereocenters. The minimum atomic E-state index is -0.309. The summed E-state index contributed by atoms with van der Waals surface area (Å²) >= 11 is 5.90. The van der Waals surface area contributed by atoms with Crippen LogP contribution in [0.15, 0.2) is 24.3 Å². The molecule has 1 aliphatic rings. The number of piperazine rings is 1. The molecule has 1 unspecified atom stereocenters. The first kappa shape index (κ1) is 14.0. The fourth-order valence-corrected chi connectivity index (χ4v) is 2.35. The number of Topliss-reactive ketones (excluding diaryl/α,β-unsaturated/α-hetero) is 1. The Morgan fingerprint density at radius 3 is 2.74 bits per heavy atom. The number of hydrogen-bond acceptors (Lipinski definition) is 3. The van der Waals surface area contributed by atoms with Crippen LogP contribution in [-0.2, 0) is 4.79 Å². The van der Waals surface area contributed by atoms with Crippen LogP contribution in [0.25, 0.3) is 0 Å². The zero-order valence-electron chi connectivity index (χ0n) is 11.1. The van der Waals surface area contributed by atoms with Crippen molar-refractivity contribution in [2.24, 2.45) is 0 Å². The molecule has 102 valence electrons. The van der Waals surface area contributed by atoms with E-state index in [4.69, 9.17) is 11.6 Å². The van der Waals surface area contributed by atoms with Crippen molar-refractivity contribution in [3.05, 3.63) is 34.9 Å². The molecule has 5 heteroatoms. The molecule has 1 aliphatic heterocycles. The van der Waals surface area contributed by atoms with E-state index in [1.165, 1.54) is 0 Å². The van der Waals surface area contributed by atoms with Crippen LogP contribution in [-0.4, -0.2) is 54.2 Å². The molecule has 0 saturated carbocycles. The lowest BCUT2D eigenvalue weighted by Gasteiger charge is -2.35. The normalized spacial score (nSPS) is 18.5. The van der Waals surface area contributed by atoms with Gasteiger partial charge in [-0.1, -0.05) is 23.7 Å². The highest BCUT2D eigenvalue weighted by Crippen LogP contribution is 2.15. The second-order valence-corrected chi connectivity index (χ2v) is 5.27. The van der Waals surface area contributed by atoms with E-state index in [1.54, 1.807) is 36.2 Å². The first-order valence-electron chi connectivity index (χ1n) is 6.27. The van der Waals surface area contributed by atoms with Crippen LogP contribution < -0.4 is 0 Å². The largest absolute Gasteiger partial charge is 0.343 e. The van der Waals surface area contributed by atoms with Crippen LogP contribution >= 0.6 is 11.6 Å². The van der Waals surface area contributed by atoms with Gasteiger partial charge in [-0.3, -0.25) is 14.5 Å². The Kier molecular flexibility index (Phi) is 4.22. The highest BCUT2D eigenvalue weighted by Gasteiger charge is 2.28. The highest BCUT2D eigenvalue weighted by molar-refractivity contribution is 6.31. The molecule has 1 heterocycles. The number of rotatable bonds is 3. The summed E-state index contributed by atoms with van der Waals surface area (Å²) in [6.45, 7) is 3.51. The second-order valence-electron chi connectivity index (χ2n) is 4.84. The molecular weight excluding hydrogens is 264 g/mol. The fraction of sp³-hybridized carbons (Fsp3) is 0.429. The van der Waals surface area contributed by atoms with Gasteiger partial charge in [-0.25, -0.2) is 0 Å². The van der Waals surface area contributed by atoms with Gasteiger partial charge in [0.15, 0.2) is 5.78 Å². The van der Waals surface area contributed by atoms with E-state index in [9.17, 15) is 9.59 Å². The van der Waals surface area contributed by atoms with Gasteiger partial charge < -0.3 is 4.90 Å². The monoisotopic (exact) mass is 280 g/mol. The number of ketones is 1. The average molecular weight is 281 g/mol. The highest BCUT2D eigenvalue weighted by atomic mass is 35.5.